The summed E-state index contributed by atoms with van der Waals surface area (Å²) in [6, 6.07) is 29.6. The van der Waals surface area contributed by atoms with Gasteiger partial charge in [-0.25, -0.2) is 19.9 Å². The van der Waals surface area contributed by atoms with Crippen LogP contribution in [0.25, 0.3) is 27.7 Å². The summed E-state index contributed by atoms with van der Waals surface area (Å²) in [5.41, 5.74) is 8.22. The Balaban J connectivity index is 0.000000287. The molecule has 3 heterocycles. The molecule has 0 aliphatic heterocycles. The lowest BCUT2D eigenvalue weighted by molar-refractivity contribution is -0.112. The number of halogens is 2. The Hall–Kier alpha value is -8.22. The highest BCUT2D eigenvalue weighted by atomic mass is 35.5. The summed E-state index contributed by atoms with van der Waals surface area (Å²) in [6.07, 6.45) is 14.0. The van der Waals surface area contributed by atoms with Crippen LogP contribution in [0.4, 0.5) is 23.3 Å². The number of nitrogens with zero attached hydrogens (tertiary/aromatic N) is 5. The van der Waals surface area contributed by atoms with Crippen LogP contribution in [0.15, 0.2) is 146 Å². The number of carbonyl (C=O) groups excluding carboxylic acids is 4. The number of aliphatic hydroxyl groups excluding tert-OH is 1. The number of rotatable bonds is 21. The standard InChI is InChI=1S/C31H35ClN6O2.C28H29ClN6O3.2CH4/c1-31(2,19-34-29(40)22-11-14-23(15-12-22)36-27(39)10-7-17-38(3)4)20-35-30-33-18-26(32)28(37-30)25-16-13-21-8-5-6-9-24(21)25;1-28(2,16-32-26(38)18-9-11-19(12-10-18)34-24(37)8-5-13-36)17-33-27-31-15-22(29)25(35-27)21-14-30-23-7-4-3-6-20(21)23;;/h5-12,14-16,18H,13,17,19-20H2,1-4H3,(H,34,40)(H,36,39)(H,33,35,37);3-12,14-15,30,36H,13,16-17H2,1-2H3,(H,32,38)(H,34,37)(H,31,33,35);2*1H4/b10-7+;8-5+;;. The Morgan fingerprint density at radius 1 is 0.650 bits per heavy atom. The number of anilines is 4. The highest BCUT2D eigenvalue weighted by Crippen LogP contribution is 2.36. The molecule has 3 aromatic heterocycles. The smallest absolute Gasteiger partial charge is 0.251 e. The van der Waals surface area contributed by atoms with E-state index in [1.165, 1.54) is 23.8 Å². The van der Waals surface area contributed by atoms with Crippen molar-refractivity contribution in [1.29, 1.82) is 0 Å². The van der Waals surface area contributed by atoms with Gasteiger partial charge in [-0.3, -0.25) is 19.2 Å². The van der Waals surface area contributed by atoms with E-state index in [2.05, 4.69) is 83.9 Å². The fourth-order valence-corrected chi connectivity index (χ4v) is 8.36. The average molecular weight is 1120 g/mol. The molecule has 80 heavy (non-hydrogen) atoms. The molecule has 0 bridgehead atoms. The number of fused-ring (bicyclic) bond motifs is 2. The second-order valence-corrected chi connectivity index (χ2v) is 21.1. The highest BCUT2D eigenvalue weighted by Gasteiger charge is 2.24. The summed E-state index contributed by atoms with van der Waals surface area (Å²) in [5.74, 6) is -0.0494. The number of para-hydroxylation sites is 1. The van der Waals surface area contributed by atoms with Crippen LogP contribution in [-0.4, -0.2) is 112 Å². The summed E-state index contributed by atoms with van der Waals surface area (Å²) in [6.45, 7) is 10.5. The van der Waals surface area contributed by atoms with E-state index < -0.39 is 0 Å². The van der Waals surface area contributed by atoms with E-state index in [1.54, 1.807) is 67.0 Å². The van der Waals surface area contributed by atoms with Crippen molar-refractivity contribution in [2.24, 2.45) is 10.8 Å². The van der Waals surface area contributed by atoms with Gasteiger partial charge in [-0.15, -0.1) is 0 Å². The number of aromatic nitrogens is 5. The molecule has 1 aliphatic rings. The van der Waals surface area contributed by atoms with Crippen LogP contribution in [0, 0.1) is 10.8 Å². The minimum absolute atomic E-state index is 0. The second kappa shape index (κ2) is 29.1. The Labute approximate surface area is 478 Å². The van der Waals surface area contributed by atoms with E-state index in [1.807, 2.05) is 75.4 Å². The zero-order valence-corrected chi connectivity index (χ0v) is 45.9. The third kappa shape index (κ3) is 17.9. The van der Waals surface area contributed by atoms with E-state index >= 15 is 0 Å². The first-order valence-corrected chi connectivity index (χ1v) is 26.0. The second-order valence-electron chi connectivity index (χ2n) is 20.3. The number of likely N-dealkylation sites (N-methyl/N-ethyl adjacent to an activating group) is 1. The number of aliphatic hydroxyl groups is 1. The molecule has 0 saturated heterocycles. The highest BCUT2D eigenvalue weighted by molar-refractivity contribution is 6.33. The molecule has 8 N–H and O–H groups in total. The molecule has 17 nitrogen and oxygen atoms in total. The molecule has 0 atom stereocenters. The molecule has 0 saturated carbocycles. The van der Waals surface area contributed by atoms with E-state index in [4.69, 9.17) is 33.3 Å². The molecule has 0 fully saturated rings. The van der Waals surface area contributed by atoms with Gasteiger partial charge in [-0.1, -0.05) is 126 Å². The third-order valence-electron chi connectivity index (χ3n) is 12.3. The molecule has 0 radical (unpaired) electrons. The van der Waals surface area contributed by atoms with Crippen molar-refractivity contribution in [3.05, 3.63) is 184 Å². The maximum atomic E-state index is 12.8. The molecule has 1 aliphatic carbocycles. The van der Waals surface area contributed by atoms with E-state index in [0.717, 1.165) is 34.0 Å². The van der Waals surface area contributed by atoms with Crippen LogP contribution in [0.5, 0.6) is 0 Å². The molecular formula is C61H72Cl2N12O5. The van der Waals surface area contributed by atoms with Gasteiger partial charge < -0.3 is 46.9 Å². The number of hydrogen-bond acceptors (Lipinski definition) is 12. The van der Waals surface area contributed by atoms with Crippen molar-refractivity contribution in [2.45, 2.75) is 49.0 Å². The third-order valence-corrected chi connectivity index (χ3v) is 12.8. The van der Waals surface area contributed by atoms with Gasteiger partial charge in [-0.05, 0) is 97.1 Å². The summed E-state index contributed by atoms with van der Waals surface area (Å²) in [5, 5.41) is 28.7. The molecule has 420 valence electrons. The maximum Gasteiger partial charge on any atom is 0.251 e. The first-order valence-electron chi connectivity index (χ1n) is 25.2. The normalized spacial score (nSPS) is 11.9. The van der Waals surface area contributed by atoms with Gasteiger partial charge >= 0.3 is 0 Å². The van der Waals surface area contributed by atoms with Crippen molar-refractivity contribution in [1.82, 2.24) is 40.5 Å². The van der Waals surface area contributed by atoms with Crippen LogP contribution < -0.4 is 31.9 Å². The minimum Gasteiger partial charge on any atom is -0.392 e. The average Bonchev–Trinajstić information content (AvgIpc) is 4.06. The molecule has 4 aromatic carbocycles. The number of nitrogens with one attached hydrogen (secondary N) is 7. The van der Waals surface area contributed by atoms with Crippen LogP contribution >= 0.6 is 23.2 Å². The summed E-state index contributed by atoms with van der Waals surface area (Å²) in [7, 11) is 3.86. The lowest BCUT2D eigenvalue weighted by atomic mass is 9.93. The van der Waals surface area contributed by atoms with Gasteiger partial charge in [0.25, 0.3) is 11.8 Å². The van der Waals surface area contributed by atoms with Crippen LogP contribution in [0.2, 0.25) is 10.0 Å². The predicted molar refractivity (Wildman–Crippen MR) is 325 cm³/mol. The minimum atomic E-state index is -0.358. The molecular weight excluding hydrogens is 1050 g/mol. The number of allylic oxidation sites excluding steroid dienone is 1. The zero-order valence-electron chi connectivity index (χ0n) is 44.4. The number of carbonyl (C=O) groups is 4. The summed E-state index contributed by atoms with van der Waals surface area (Å²) >= 11 is 12.9. The van der Waals surface area contributed by atoms with Crippen LogP contribution in [-0.2, 0) is 16.0 Å². The summed E-state index contributed by atoms with van der Waals surface area (Å²) in [4.78, 5) is 72.4. The first kappa shape index (κ1) is 62.6. The van der Waals surface area contributed by atoms with Crippen molar-refractivity contribution < 1.29 is 24.3 Å². The Kier molecular flexibility index (Phi) is 22.8. The Bertz CT molecular complexity index is 3340. The molecule has 19 heteroatoms. The molecule has 0 spiro atoms. The first-order chi connectivity index (χ1) is 37.4. The van der Waals surface area contributed by atoms with Crippen molar-refractivity contribution in [3.8, 4) is 11.3 Å². The molecule has 0 unspecified atom stereocenters. The largest absolute Gasteiger partial charge is 0.392 e. The number of benzene rings is 4. The van der Waals surface area contributed by atoms with E-state index in [0.29, 0.717) is 88.6 Å². The molecule has 8 rings (SSSR count). The SMILES string of the molecule is C.C.CC(C)(CNC(=O)c1ccc(NC(=O)/C=C/CO)cc1)CNc1ncc(Cl)c(-c2c[nH]c3ccccc23)n1.CN(C)C/C=C/C(=O)Nc1ccc(C(=O)NCC(C)(C)CNc2ncc(Cl)c(C3=CCc4ccccc43)n2)cc1. The van der Waals surface area contributed by atoms with E-state index in [9.17, 15) is 19.2 Å². The number of hydrogen-bond donors (Lipinski definition) is 8. The summed E-state index contributed by atoms with van der Waals surface area (Å²) < 4.78 is 0. The lowest BCUT2D eigenvalue weighted by Crippen LogP contribution is -2.38. The van der Waals surface area contributed by atoms with Gasteiger partial charge in [0.05, 0.1) is 40.4 Å². The van der Waals surface area contributed by atoms with Crippen molar-refractivity contribution in [2.75, 3.05) is 74.7 Å². The fourth-order valence-electron chi connectivity index (χ4n) is 7.97. The monoisotopic (exact) mass is 1120 g/mol. The van der Waals surface area contributed by atoms with Gasteiger partial charge in [-0.2, -0.15) is 0 Å². The van der Waals surface area contributed by atoms with Crippen LogP contribution in [0.3, 0.4) is 0 Å². The van der Waals surface area contributed by atoms with Crippen molar-refractivity contribution >= 4 is 86.6 Å². The Morgan fingerprint density at radius 3 is 1.70 bits per heavy atom. The lowest BCUT2D eigenvalue weighted by Gasteiger charge is -2.25. The zero-order chi connectivity index (χ0) is 55.8. The predicted octanol–water partition coefficient (Wildman–Crippen LogP) is 10.9. The van der Waals surface area contributed by atoms with Gasteiger partial charge in [0, 0.05) is 95.6 Å². The van der Waals surface area contributed by atoms with Gasteiger partial charge in [0.15, 0.2) is 0 Å². The van der Waals surface area contributed by atoms with Crippen molar-refractivity contribution in [3.63, 3.8) is 0 Å². The Morgan fingerprint density at radius 2 is 1.15 bits per heavy atom. The van der Waals surface area contributed by atoms with Gasteiger partial charge in [0.2, 0.25) is 23.7 Å². The van der Waals surface area contributed by atoms with E-state index in [-0.39, 0.29) is 55.9 Å². The number of amides is 4. The number of aromatic amines is 1. The van der Waals surface area contributed by atoms with Crippen LogP contribution in [0.1, 0.15) is 80.1 Å². The molecule has 4 amide bonds. The fraction of sp³-hybridized carbons (Fsp3) is 0.279. The van der Waals surface area contributed by atoms with Gasteiger partial charge in [0.1, 0.15) is 0 Å². The maximum absolute atomic E-state index is 12.8. The topological polar surface area (TPSA) is 231 Å². The quantitative estimate of drug-likeness (QED) is 0.0314. The number of H-pyrrole nitrogens is 1. The molecule has 7 aromatic rings.